The second-order valence-corrected chi connectivity index (χ2v) is 7.38. The van der Waals surface area contributed by atoms with Gasteiger partial charge in [-0.25, -0.2) is 4.79 Å². The summed E-state index contributed by atoms with van der Waals surface area (Å²) in [6.07, 6.45) is -1.76. The van der Waals surface area contributed by atoms with Crippen LogP contribution in [0.2, 0.25) is 5.02 Å². The highest BCUT2D eigenvalue weighted by molar-refractivity contribution is 6.34. The summed E-state index contributed by atoms with van der Waals surface area (Å²) < 4.78 is 31.7. The highest BCUT2D eigenvalue weighted by atomic mass is 35.5. The monoisotopic (exact) mass is 458 g/mol. The van der Waals surface area contributed by atoms with Gasteiger partial charge in [-0.15, -0.1) is 0 Å². The second kappa shape index (κ2) is 8.96. The lowest BCUT2D eigenvalue weighted by Gasteiger charge is -2.34. The minimum Gasteiger partial charge on any atom is -0.475 e. The number of pyridine rings is 1. The van der Waals surface area contributed by atoms with Crippen LogP contribution in [-0.2, 0) is 9.59 Å². The summed E-state index contributed by atoms with van der Waals surface area (Å²) in [6.45, 7) is 2.61. The summed E-state index contributed by atoms with van der Waals surface area (Å²) in [7, 11) is 0. The average molecular weight is 459 g/mol. The van der Waals surface area contributed by atoms with Gasteiger partial charge in [0.05, 0.1) is 21.8 Å². The number of hydrogen-bond acceptors (Lipinski definition) is 5. The third kappa shape index (κ3) is 5.35. The van der Waals surface area contributed by atoms with Crippen molar-refractivity contribution >= 4 is 46.0 Å². The van der Waals surface area contributed by atoms with Gasteiger partial charge < -0.3 is 20.6 Å². The molecule has 0 radical (unpaired) electrons. The lowest BCUT2D eigenvalue weighted by molar-refractivity contribution is -0.192. The summed E-state index contributed by atoms with van der Waals surface area (Å²) in [5, 5.41) is 14.0. The maximum Gasteiger partial charge on any atom is 0.490 e. The number of nitrogens with zero attached hydrogens (tertiary/aromatic N) is 2. The van der Waals surface area contributed by atoms with Crippen molar-refractivity contribution in [3.8, 4) is 0 Å². The summed E-state index contributed by atoms with van der Waals surface area (Å²) in [5.74, 6) is -3.19. The van der Waals surface area contributed by atoms with E-state index >= 15 is 0 Å². The topological polar surface area (TPSA) is 112 Å². The fraction of sp³-hybridized carbons (Fsp3) is 0.368. The molecule has 4 rings (SSSR count). The Bertz CT molecular complexity index is 1030. The molecule has 2 aliphatic rings. The number of alkyl halides is 3. The Morgan fingerprint density at radius 3 is 2.45 bits per heavy atom. The number of fused-ring (bicyclic) bond motifs is 1. The number of carboxylic acid groups (broad SMARTS) is 1. The van der Waals surface area contributed by atoms with Gasteiger partial charge in [-0.2, -0.15) is 13.2 Å². The van der Waals surface area contributed by atoms with E-state index in [1.54, 1.807) is 6.07 Å². The van der Waals surface area contributed by atoms with Crippen molar-refractivity contribution in [3.63, 3.8) is 0 Å². The molecule has 2 aliphatic heterocycles. The van der Waals surface area contributed by atoms with E-state index < -0.39 is 18.2 Å². The molecule has 2 fully saturated rings. The van der Waals surface area contributed by atoms with Crippen LogP contribution in [0.1, 0.15) is 23.2 Å². The Hall–Kier alpha value is -3.08. The molecule has 2 amide bonds. The van der Waals surface area contributed by atoms with Gasteiger partial charge >= 0.3 is 12.1 Å². The molecule has 8 nitrogen and oxygen atoms in total. The van der Waals surface area contributed by atoms with Crippen molar-refractivity contribution < 1.29 is 32.7 Å². The van der Waals surface area contributed by atoms with Crippen LogP contribution in [0.25, 0.3) is 10.9 Å². The third-order valence-corrected chi connectivity index (χ3v) is 5.11. The van der Waals surface area contributed by atoms with E-state index in [1.165, 1.54) is 12.6 Å². The molecule has 0 saturated carbocycles. The summed E-state index contributed by atoms with van der Waals surface area (Å²) in [4.78, 5) is 39.4. The van der Waals surface area contributed by atoms with E-state index in [1.807, 2.05) is 12.1 Å². The first-order valence-corrected chi connectivity index (χ1v) is 9.67. The van der Waals surface area contributed by atoms with Crippen LogP contribution in [0.4, 0.5) is 18.9 Å². The number of benzene rings is 1. The highest BCUT2D eigenvalue weighted by Crippen LogP contribution is 2.33. The number of anilines is 1. The van der Waals surface area contributed by atoms with Crippen LogP contribution in [-0.4, -0.2) is 59.7 Å². The zero-order chi connectivity index (χ0) is 22.8. The lowest BCUT2D eigenvalue weighted by Crippen LogP contribution is -2.40. The number of halogens is 4. The van der Waals surface area contributed by atoms with E-state index in [0.29, 0.717) is 23.6 Å². The maximum absolute atomic E-state index is 12.3. The first kappa shape index (κ1) is 22.6. The average Bonchev–Trinajstić information content (AvgIpc) is 3.05. The number of carboxylic acids is 1. The molecule has 0 unspecified atom stereocenters. The Morgan fingerprint density at radius 2 is 1.94 bits per heavy atom. The van der Waals surface area contributed by atoms with Crippen molar-refractivity contribution in [2.24, 2.45) is 0 Å². The molecule has 31 heavy (non-hydrogen) atoms. The minimum atomic E-state index is -5.08. The SMILES string of the molecule is O=C(N[C@H]1CCNC1=O)c1cnc2cc(N3CCC3)c(Cl)cc2c1.O=C(O)C(F)(F)F. The number of carbonyl (C=O) groups is 3. The Kier molecular flexibility index (Phi) is 6.54. The second-order valence-electron chi connectivity index (χ2n) is 6.97. The van der Waals surface area contributed by atoms with Crippen molar-refractivity contribution in [2.45, 2.75) is 25.1 Å². The molecule has 0 aliphatic carbocycles. The van der Waals surface area contributed by atoms with Crippen molar-refractivity contribution in [2.75, 3.05) is 24.5 Å². The first-order valence-electron chi connectivity index (χ1n) is 9.29. The largest absolute Gasteiger partial charge is 0.490 e. The van der Waals surface area contributed by atoms with E-state index in [0.717, 1.165) is 29.7 Å². The van der Waals surface area contributed by atoms with Gasteiger partial charge in [0, 0.05) is 31.2 Å². The molecular formula is C19H18ClF3N4O4. The number of nitrogens with one attached hydrogen (secondary N) is 2. The predicted octanol–water partition coefficient (Wildman–Crippen LogP) is 2.35. The summed E-state index contributed by atoms with van der Waals surface area (Å²) in [6, 6.07) is 5.10. The molecule has 0 bridgehead atoms. The van der Waals surface area contributed by atoms with Gasteiger partial charge in [0.25, 0.3) is 5.91 Å². The molecule has 166 valence electrons. The molecule has 1 atom stereocenters. The molecule has 1 aromatic carbocycles. The molecule has 12 heteroatoms. The van der Waals surface area contributed by atoms with Crippen LogP contribution in [0.5, 0.6) is 0 Å². The van der Waals surface area contributed by atoms with Gasteiger partial charge in [0.15, 0.2) is 0 Å². The number of rotatable bonds is 3. The van der Waals surface area contributed by atoms with Gasteiger partial charge in [-0.1, -0.05) is 11.6 Å². The molecule has 1 aromatic heterocycles. The highest BCUT2D eigenvalue weighted by Gasteiger charge is 2.38. The maximum atomic E-state index is 12.3. The smallest absolute Gasteiger partial charge is 0.475 e. The zero-order valence-corrected chi connectivity index (χ0v) is 16.8. The van der Waals surface area contributed by atoms with E-state index in [-0.39, 0.29) is 11.8 Å². The molecular weight excluding hydrogens is 441 g/mol. The summed E-state index contributed by atoms with van der Waals surface area (Å²) in [5.41, 5.74) is 2.22. The molecule has 2 aromatic rings. The number of aromatic nitrogens is 1. The van der Waals surface area contributed by atoms with Gasteiger partial charge in [0.2, 0.25) is 5.91 Å². The molecule has 3 N–H and O–H groups in total. The van der Waals surface area contributed by atoms with Crippen molar-refractivity contribution in [1.82, 2.24) is 15.6 Å². The van der Waals surface area contributed by atoms with E-state index in [4.69, 9.17) is 21.5 Å². The van der Waals surface area contributed by atoms with Crippen molar-refractivity contribution in [1.29, 1.82) is 0 Å². The fourth-order valence-electron chi connectivity index (χ4n) is 3.03. The normalized spacial score (nSPS) is 18.0. The first-order chi connectivity index (χ1) is 14.6. The summed E-state index contributed by atoms with van der Waals surface area (Å²) >= 11 is 6.38. The third-order valence-electron chi connectivity index (χ3n) is 4.81. The van der Waals surface area contributed by atoms with Crippen LogP contribution in [0.3, 0.4) is 0 Å². The molecule has 2 saturated heterocycles. The zero-order valence-electron chi connectivity index (χ0n) is 16.0. The Balaban J connectivity index is 0.000000339. The van der Waals surface area contributed by atoms with Crippen LogP contribution in [0, 0.1) is 0 Å². The van der Waals surface area contributed by atoms with Crippen LogP contribution in [0.15, 0.2) is 24.4 Å². The van der Waals surface area contributed by atoms with Crippen LogP contribution >= 0.6 is 11.6 Å². The lowest BCUT2D eigenvalue weighted by atomic mass is 10.1. The standard InChI is InChI=1S/C17H17ClN4O2.C2HF3O2/c18-12-7-10-6-11(16(23)21-13-2-3-19-17(13)24)9-20-14(10)8-15(12)22-4-1-5-22;3-2(4,5)1(6)7/h6-9,13H,1-5H2,(H,19,24)(H,21,23);(H,6,7)/t13-;/m0./s1. The number of amides is 2. The number of hydrogen-bond donors (Lipinski definition) is 3. The molecule has 3 heterocycles. The molecule has 0 spiro atoms. The fourth-order valence-corrected chi connectivity index (χ4v) is 3.33. The Morgan fingerprint density at radius 1 is 1.26 bits per heavy atom. The number of aliphatic carboxylic acids is 1. The Labute approximate surface area is 179 Å². The predicted molar refractivity (Wildman–Crippen MR) is 106 cm³/mol. The quantitative estimate of drug-likeness (QED) is 0.651. The number of carbonyl (C=O) groups excluding carboxylic acids is 2. The van der Waals surface area contributed by atoms with Crippen molar-refractivity contribution in [3.05, 3.63) is 35.0 Å². The van der Waals surface area contributed by atoms with Crippen LogP contribution < -0.4 is 15.5 Å². The van der Waals surface area contributed by atoms with E-state index in [2.05, 4.69) is 20.5 Å². The minimum absolute atomic E-state index is 0.140. The van der Waals surface area contributed by atoms with E-state index in [9.17, 15) is 22.8 Å². The van der Waals surface area contributed by atoms with Gasteiger partial charge in [-0.3, -0.25) is 14.6 Å². The van der Waals surface area contributed by atoms with Gasteiger partial charge in [-0.05, 0) is 31.0 Å². The van der Waals surface area contributed by atoms with Gasteiger partial charge in [0.1, 0.15) is 6.04 Å².